The van der Waals surface area contributed by atoms with Crippen molar-refractivity contribution in [1.82, 2.24) is 14.7 Å². The largest absolute Gasteiger partial charge is 0.439 e. The molecule has 0 saturated carbocycles. The highest BCUT2D eigenvalue weighted by Crippen LogP contribution is 2.34. The zero-order valence-electron chi connectivity index (χ0n) is 19.4. The smallest absolute Gasteiger partial charge is 0.222 e. The monoisotopic (exact) mass is 451 g/mol. The molecule has 7 heteroatoms. The van der Waals surface area contributed by atoms with Gasteiger partial charge in [-0.15, -0.1) is 6.58 Å². The number of methoxy groups -OCH3 is 1. The van der Waals surface area contributed by atoms with E-state index in [-0.39, 0.29) is 6.61 Å². The van der Waals surface area contributed by atoms with Crippen LogP contribution in [-0.2, 0) is 23.1 Å². The molecule has 3 aromatic rings. The van der Waals surface area contributed by atoms with E-state index in [0.29, 0.717) is 38.7 Å². The first-order chi connectivity index (χ1) is 16.1. The third-order valence-corrected chi connectivity index (χ3v) is 5.10. The number of para-hydroxylation sites is 1. The fraction of sp³-hybridized carbons (Fsp3) is 0.346. The van der Waals surface area contributed by atoms with E-state index in [4.69, 9.17) is 19.3 Å². The predicted octanol–water partition coefficient (Wildman–Crippen LogP) is 3.89. The summed E-state index contributed by atoms with van der Waals surface area (Å²) in [4.78, 5) is 2.13. The molecule has 0 aliphatic rings. The van der Waals surface area contributed by atoms with Crippen LogP contribution in [0.1, 0.15) is 5.56 Å². The van der Waals surface area contributed by atoms with Gasteiger partial charge in [-0.05, 0) is 12.1 Å². The molecule has 0 radical (unpaired) electrons. The van der Waals surface area contributed by atoms with Crippen molar-refractivity contribution >= 4 is 0 Å². The lowest BCUT2D eigenvalue weighted by molar-refractivity contribution is 0.0193. The van der Waals surface area contributed by atoms with Crippen molar-refractivity contribution in [2.24, 2.45) is 7.05 Å². The molecule has 176 valence electrons. The second-order valence-electron chi connectivity index (χ2n) is 7.74. The van der Waals surface area contributed by atoms with Crippen molar-refractivity contribution < 1.29 is 19.3 Å². The van der Waals surface area contributed by atoms with Crippen LogP contribution < -0.4 is 4.74 Å². The highest BCUT2D eigenvalue weighted by Gasteiger charge is 2.23. The normalized spacial score (nSPS) is 12.1. The molecular weight excluding hydrogens is 418 g/mol. The maximum absolute atomic E-state index is 10.5. The molecule has 1 aromatic heterocycles. The Hall–Kier alpha value is -2.97. The lowest BCUT2D eigenvalue weighted by atomic mass is 10.1. The van der Waals surface area contributed by atoms with E-state index in [1.165, 1.54) is 0 Å². The highest BCUT2D eigenvalue weighted by atomic mass is 16.5. The van der Waals surface area contributed by atoms with E-state index in [0.717, 1.165) is 22.6 Å². The zero-order valence-corrected chi connectivity index (χ0v) is 19.4. The Kier molecular flexibility index (Phi) is 9.65. The Balaban J connectivity index is 1.91. The van der Waals surface area contributed by atoms with Crippen molar-refractivity contribution in [3.63, 3.8) is 0 Å². The summed E-state index contributed by atoms with van der Waals surface area (Å²) in [6.07, 6.45) is 1.03. The minimum Gasteiger partial charge on any atom is -0.439 e. The number of aliphatic hydroxyl groups excluding tert-OH is 1. The average molecular weight is 452 g/mol. The molecule has 2 aromatic carbocycles. The molecule has 1 atom stereocenters. The summed E-state index contributed by atoms with van der Waals surface area (Å²) in [6.45, 7) is 6.42. The van der Waals surface area contributed by atoms with E-state index >= 15 is 0 Å². The summed E-state index contributed by atoms with van der Waals surface area (Å²) < 4.78 is 18.8. The second kappa shape index (κ2) is 12.9. The molecule has 0 aliphatic heterocycles. The number of benzene rings is 2. The van der Waals surface area contributed by atoms with E-state index in [1.54, 1.807) is 17.9 Å². The number of aliphatic hydroxyl groups is 1. The molecule has 0 aliphatic carbocycles. The van der Waals surface area contributed by atoms with Crippen LogP contribution >= 0.6 is 0 Å². The third kappa shape index (κ3) is 7.27. The number of nitrogens with zero attached hydrogens (tertiary/aromatic N) is 3. The van der Waals surface area contributed by atoms with Gasteiger partial charge in [0.2, 0.25) is 5.88 Å². The van der Waals surface area contributed by atoms with Gasteiger partial charge in [0, 0.05) is 39.4 Å². The Morgan fingerprint density at radius 2 is 1.82 bits per heavy atom. The minimum atomic E-state index is -0.642. The van der Waals surface area contributed by atoms with Gasteiger partial charge in [-0.2, -0.15) is 5.10 Å². The lowest BCUT2D eigenvalue weighted by Crippen LogP contribution is -2.36. The standard InChI is InChI=1S/C26H33N3O4/c1-4-16-32-20-22(30)18-29(15-17-31-3)19-24-25(21-11-7-5-8-12-21)27-28(2)26(24)33-23-13-9-6-10-14-23/h4-14,22,30H,1,15-20H2,2-3H3/t22-/m1/s1. The summed E-state index contributed by atoms with van der Waals surface area (Å²) in [7, 11) is 3.55. The molecule has 3 rings (SSSR count). The quantitative estimate of drug-likeness (QED) is 0.296. The zero-order chi connectivity index (χ0) is 23.5. The third-order valence-electron chi connectivity index (χ3n) is 5.10. The second-order valence-corrected chi connectivity index (χ2v) is 7.74. The van der Waals surface area contributed by atoms with Crippen LogP contribution in [0.5, 0.6) is 11.6 Å². The Labute approximate surface area is 195 Å². The molecule has 0 amide bonds. The maximum atomic E-state index is 10.5. The van der Waals surface area contributed by atoms with Crippen LogP contribution in [0.15, 0.2) is 73.3 Å². The maximum Gasteiger partial charge on any atom is 0.222 e. The first kappa shape index (κ1) is 24.7. The van der Waals surface area contributed by atoms with Gasteiger partial charge >= 0.3 is 0 Å². The Morgan fingerprint density at radius 1 is 1.12 bits per heavy atom. The number of ether oxygens (including phenoxy) is 3. The fourth-order valence-corrected chi connectivity index (χ4v) is 3.57. The first-order valence-corrected chi connectivity index (χ1v) is 11.0. The average Bonchev–Trinajstić information content (AvgIpc) is 3.13. The molecule has 1 N–H and O–H groups in total. The minimum absolute atomic E-state index is 0.238. The molecule has 0 spiro atoms. The van der Waals surface area contributed by atoms with Crippen LogP contribution in [0, 0.1) is 0 Å². The van der Waals surface area contributed by atoms with Gasteiger partial charge < -0.3 is 19.3 Å². The number of aromatic nitrogens is 2. The molecular formula is C26H33N3O4. The number of hydrogen-bond acceptors (Lipinski definition) is 6. The van der Waals surface area contributed by atoms with E-state index < -0.39 is 6.10 Å². The van der Waals surface area contributed by atoms with Gasteiger partial charge in [0.15, 0.2) is 0 Å². The van der Waals surface area contributed by atoms with Gasteiger partial charge in [-0.25, -0.2) is 4.68 Å². The lowest BCUT2D eigenvalue weighted by Gasteiger charge is -2.25. The summed E-state index contributed by atoms with van der Waals surface area (Å²) in [5.41, 5.74) is 2.80. The Morgan fingerprint density at radius 3 is 2.48 bits per heavy atom. The topological polar surface area (TPSA) is 69.0 Å². The van der Waals surface area contributed by atoms with Crippen molar-refractivity contribution in [3.8, 4) is 22.9 Å². The van der Waals surface area contributed by atoms with Crippen LogP contribution in [-0.4, -0.2) is 65.9 Å². The molecule has 0 fully saturated rings. The van der Waals surface area contributed by atoms with Crippen LogP contribution in [0.2, 0.25) is 0 Å². The van der Waals surface area contributed by atoms with Crippen LogP contribution in [0.25, 0.3) is 11.3 Å². The number of rotatable bonds is 14. The Bertz CT molecular complexity index is 976. The summed E-state index contributed by atoms with van der Waals surface area (Å²) in [5, 5.41) is 15.3. The van der Waals surface area contributed by atoms with E-state index in [9.17, 15) is 5.11 Å². The van der Waals surface area contributed by atoms with Gasteiger partial charge in [-0.3, -0.25) is 4.90 Å². The van der Waals surface area contributed by atoms with Crippen LogP contribution in [0.4, 0.5) is 0 Å². The van der Waals surface area contributed by atoms with Gasteiger partial charge in [-0.1, -0.05) is 54.6 Å². The van der Waals surface area contributed by atoms with Gasteiger partial charge in [0.25, 0.3) is 0 Å². The molecule has 33 heavy (non-hydrogen) atoms. The van der Waals surface area contributed by atoms with Crippen molar-refractivity contribution in [3.05, 3.63) is 78.9 Å². The highest BCUT2D eigenvalue weighted by molar-refractivity contribution is 5.65. The van der Waals surface area contributed by atoms with Gasteiger partial charge in [0.05, 0.1) is 31.5 Å². The first-order valence-electron chi connectivity index (χ1n) is 11.0. The molecule has 7 nitrogen and oxygen atoms in total. The molecule has 0 saturated heterocycles. The number of aryl methyl sites for hydroxylation is 1. The summed E-state index contributed by atoms with van der Waals surface area (Å²) in [6, 6.07) is 19.7. The molecule has 0 unspecified atom stereocenters. The van der Waals surface area contributed by atoms with Crippen molar-refractivity contribution in [2.75, 3.05) is 40.0 Å². The van der Waals surface area contributed by atoms with Gasteiger partial charge in [0.1, 0.15) is 11.4 Å². The van der Waals surface area contributed by atoms with Crippen molar-refractivity contribution in [1.29, 1.82) is 0 Å². The SMILES string of the molecule is C=CCOC[C@H](O)CN(CCOC)Cc1c(-c2ccccc2)nn(C)c1Oc1ccccc1. The summed E-state index contributed by atoms with van der Waals surface area (Å²) in [5.74, 6) is 1.41. The summed E-state index contributed by atoms with van der Waals surface area (Å²) >= 11 is 0. The van der Waals surface area contributed by atoms with Crippen LogP contribution in [0.3, 0.4) is 0 Å². The van der Waals surface area contributed by atoms with Crippen molar-refractivity contribution in [2.45, 2.75) is 12.6 Å². The predicted molar refractivity (Wildman–Crippen MR) is 129 cm³/mol. The van der Waals surface area contributed by atoms with E-state index in [2.05, 4.69) is 11.5 Å². The van der Waals surface area contributed by atoms with E-state index in [1.807, 2.05) is 67.7 Å². The fourth-order valence-electron chi connectivity index (χ4n) is 3.57. The molecule has 1 heterocycles. The molecule has 0 bridgehead atoms. The number of hydrogen-bond donors (Lipinski definition) is 1.